The highest BCUT2D eigenvalue weighted by molar-refractivity contribution is 5.76. The molecule has 0 aromatic rings. The second-order valence-corrected chi connectivity index (χ2v) is 25.9. The van der Waals surface area contributed by atoms with Crippen molar-refractivity contribution >= 4 is 5.91 Å². The minimum Gasteiger partial charge on any atom is -0.393 e. The highest BCUT2D eigenvalue weighted by atomic mass is 16.5. The normalized spacial score (nSPS) is 15.8. The van der Waals surface area contributed by atoms with Gasteiger partial charge in [-0.3, -0.25) is 9.69 Å². The summed E-state index contributed by atoms with van der Waals surface area (Å²) >= 11 is 0. The standard InChI is InChI=1S/C16H34N2O4.C16H35NO2.C13H29N3O.C11H25N.3C5H13N/c1-3-15(19)4-10-21-12-13-22-11-5-16(20)14-18-8-6-17(2)7-9-18;1-5-8-9-15(7-3)12-19-13-16(18)11-17-10-14(4)6-2;1-5-12(2)11-14-9-7-13(17)15-8-6-10-16(3)4;1-4-6-7-8-9-12-10-11(3)5-2;3*1-3-5(2)4-6/h15-16,19-20H,3-14H2,1-2H3;14-18H,5-13H2,1-4H3;12,14H,5-11H2,1-4H3,(H,15,17);11-12H,4-10H2,1-3H3;3*5H,3-4,6H2,1-2H3. The zero-order chi connectivity index (χ0) is 68.0. The number of hydrogen-bond donors (Lipinski definition) is 10. The second-order valence-electron chi connectivity index (χ2n) is 25.9. The Morgan fingerprint density at radius 1 is 0.477 bits per heavy atom. The molecule has 1 aliphatic rings. The van der Waals surface area contributed by atoms with Gasteiger partial charge in [0.2, 0.25) is 5.91 Å². The molecule has 13 N–H and O–H groups in total. The zero-order valence-corrected chi connectivity index (χ0v) is 62.3. The minimum absolute atomic E-state index is 0.153. The maximum Gasteiger partial charge on any atom is 0.221 e. The number of amides is 1. The van der Waals surface area contributed by atoms with Crippen LogP contribution >= 0.6 is 0 Å². The molecule has 0 bridgehead atoms. The van der Waals surface area contributed by atoms with E-state index in [-0.39, 0.29) is 24.2 Å². The summed E-state index contributed by atoms with van der Waals surface area (Å²) in [6, 6.07) is 0. The third-order valence-electron chi connectivity index (χ3n) is 16.4. The smallest absolute Gasteiger partial charge is 0.221 e. The number of aliphatic hydroxyl groups excluding tert-OH is 3. The summed E-state index contributed by atoms with van der Waals surface area (Å²) in [4.78, 5) is 18.2. The number of carbonyl (C=O) groups excluding carboxylic acids is 1. The van der Waals surface area contributed by atoms with Gasteiger partial charge in [-0.05, 0) is 153 Å². The first-order valence-electron chi connectivity index (χ1n) is 36.4. The van der Waals surface area contributed by atoms with Gasteiger partial charge in [-0.25, -0.2) is 0 Å². The van der Waals surface area contributed by atoms with Gasteiger partial charge in [-0.2, -0.15) is 0 Å². The van der Waals surface area contributed by atoms with Crippen LogP contribution in [0.3, 0.4) is 0 Å². The number of rotatable bonds is 49. The van der Waals surface area contributed by atoms with Crippen LogP contribution in [0.2, 0.25) is 0 Å². The third kappa shape index (κ3) is 84.9. The number of piperazine rings is 1. The van der Waals surface area contributed by atoms with E-state index in [2.05, 4.69) is 147 Å². The number of nitrogens with one attached hydrogen (secondary N) is 4. The Balaban J connectivity index is -0.000000235. The molecule has 17 heteroatoms. The number of ether oxygens (including phenoxy) is 3. The molecule has 1 saturated heterocycles. The monoisotopic (exact) mass is 1270 g/mol. The molecule has 1 rings (SSSR count). The van der Waals surface area contributed by atoms with Gasteiger partial charge in [0.15, 0.2) is 0 Å². The summed E-state index contributed by atoms with van der Waals surface area (Å²) in [6.07, 6.45) is 20.4. The summed E-state index contributed by atoms with van der Waals surface area (Å²) in [5.74, 6) is 5.15. The van der Waals surface area contributed by atoms with E-state index in [0.717, 1.165) is 110 Å². The van der Waals surface area contributed by atoms with Gasteiger partial charge >= 0.3 is 0 Å². The number of nitrogens with zero attached hydrogens (tertiary/aromatic N) is 3. The van der Waals surface area contributed by atoms with E-state index < -0.39 is 0 Å². The van der Waals surface area contributed by atoms with Crippen molar-refractivity contribution in [2.24, 2.45) is 58.6 Å². The van der Waals surface area contributed by atoms with Gasteiger partial charge in [-0.1, -0.05) is 188 Å². The average molecular weight is 1270 g/mol. The number of carbonyl (C=O) groups is 1. The summed E-state index contributed by atoms with van der Waals surface area (Å²) < 4.78 is 16.5. The molecule has 0 spiro atoms. The molecule has 10 atom stereocenters. The zero-order valence-electron chi connectivity index (χ0n) is 62.3. The van der Waals surface area contributed by atoms with Crippen LogP contribution in [0.15, 0.2) is 0 Å². The average Bonchev–Trinajstić information content (AvgIpc) is 3.60. The van der Waals surface area contributed by atoms with Gasteiger partial charge in [0, 0.05) is 78.6 Å². The molecule has 10 unspecified atom stereocenters. The van der Waals surface area contributed by atoms with E-state index in [1.807, 2.05) is 21.0 Å². The Hall–Kier alpha value is -1.13. The lowest BCUT2D eigenvalue weighted by molar-refractivity contribution is -0.121. The Kier molecular flexibility index (Phi) is 87.2. The molecule has 1 fully saturated rings. The van der Waals surface area contributed by atoms with E-state index in [1.54, 1.807) is 0 Å². The van der Waals surface area contributed by atoms with Crippen LogP contribution in [0.1, 0.15) is 233 Å². The van der Waals surface area contributed by atoms with Crippen LogP contribution in [0, 0.1) is 41.4 Å². The van der Waals surface area contributed by atoms with Crippen LogP contribution in [0.25, 0.3) is 0 Å². The summed E-state index contributed by atoms with van der Waals surface area (Å²) in [7, 11) is 6.22. The fourth-order valence-corrected chi connectivity index (χ4v) is 7.43. The first-order valence-corrected chi connectivity index (χ1v) is 36.4. The fourth-order valence-electron chi connectivity index (χ4n) is 7.43. The molecule has 0 aromatic heterocycles. The van der Waals surface area contributed by atoms with Crippen molar-refractivity contribution in [3.63, 3.8) is 0 Å². The maximum atomic E-state index is 11.4. The molecular weight excluding hydrogens is 1100 g/mol. The molecule has 0 saturated carbocycles. The Morgan fingerprint density at radius 2 is 0.943 bits per heavy atom. The Morgan fingerprint density at radius 3 is 1.36 bits per heavy atom. The Labute approximate surface area is 549 Å². The van der Waals surface area contributed by atoms with Gasteiger partial charge in [0.1, 0.15) is 0 Å². The van der Waals surface area contributed by atoms with E-state index in [1.165, 1.54) is 103 Å². The van der Waals surface area contributed by atoms with Crippen molar-refractivity contribution in [2.75, 3.05) is 166 Å². The Bertz CT molecular complexity index is 1250. The maximum absolute atomic E-state index is 11.4. The second kappa shape index (κ2) is 78.3. The molecule has 0 aliphatic carbocycles. The largest absolute Gasteiger partial charge is 0.393 e. The lowest BCUT2D eigenvalue weighted by Crippen LogP contribution is -2.47. The lowest BCUT2D eigenvalue weighted by atomic mass is 10.0. The number of nitrogens with two attached hydrogens (primary N) is 3. The van der Waals surface area contributed by atoms with Gasteiger partial charge in [0.05, 0.1) is 38.1 Å². The van der Waals surface area contributed by atoms with Crippen molar-refractivity contribution < 1.29 is 34.3 Å². The van der Waals surface area contributed by atoms with E-state index >= 15 is 0 Å². The SMILES string of the molecule is CCC(C)CN.CCC(C)CN.CCC(C)CN.CCC(C)CNCCC(=O)NCCCN(C)C.CCC(O)CCOCCOCCC(O)CN1CCN(C)CC1.CCCCC(CC)COCC(O)CNCC(C)CC.CCCCCCNCC(C)CC. The van der Waals surface area contributed by atoms with E-state index in [0.29, 0.717) is 94.3 Å². The molecule has 1 amide bonds. The third-order valence-corrected chi connectivity index (χ3v) is 16.4. The van der Waals surface area contributed by atoms with Crippen LogP contribution in [-0.2, 0) is 19.0 Å². The molecule has 538 valence electrons. The molecule has 1 aliphatic heterocycles. The molecule has 0 radical (unpaired) electrons. The van der Waals surface area contributed by atoms with Gasteiger partial charge in [-0.15, -0.1) is 0 Å². The van der Waals surface area contributed by atoms with Crippen LogP contribution in [0.4, 0.5) is 0 Å². The van der Waals surface area contributed by atoms with E-state index in [9.17, 15) is 20.1 Å². The summed E-state index contributed by atoms with van der Waals surface area (Å²) in [5, 5.41) is 42.2. The van der Waals surface area contributed by atoms with Crippen LogP contribution in [0.5, 0.6) is 0 Å². The topological polar surface area (TPSA) is 241 Å². The predicted molar refractivity (Wildman–Crippen MR) is 385 cm³/mol. The van der Waals surface area contributed by atoms with Crippen molar-refractivity contribution in [2.45, 2.75) is 251 Å². The number of likely N-dealkylation sites (N-methyl/N-ethyl adjacent to an activating group) is 1. The summed E-state index contributed by atoms with van der Waals surface area (Å²) in [5.41, 5.74) is 15.8. The van der Waals surface area contributed by atoms with Gasteiger partial charge < -0.3 is 77.8 Å². The first-order chi connectivity index (χ1) is 42.0. The van der Waals surface area contributed by atoms with Crippen molar-refractivity contribution in [1.82, 2.24) is 36.0 Å². The predicted octanol–water partition coefficient (Wildman–Crippen LogP) is 10.7. The molecule has 1 heterocycles. The first kappa shape index (κ1) is 97.9. The number of unbranched alkanes of at least 4 members (excludes halogenated alkanes) is 4. The fraction of sp³-hybridized carbons (Fsp3) is 0.986. The highest BCUT2D eigenvalue weighted by Crippen LogP contribution is 2.13. The van der Waals surface area contributed by atoms with Crippen LogP contribution in [-0.4, -0.2) is 220 Å². The lowest BCUT2D eigenvalue weighted by Gasteiger charge is -2.33. The van der Waals surface area contributed by atoms with Crippen LogP contribution < -0.4 is 38.5 Å². The highest BCUT2D eigenvalue weighted by Gasteiger charge is 2.17. The number of aliphatic hydroxyl groups is 3. The minimum atomic E-state index is -0.382. The number of β-amino-alcohol motifs (C(OH)–C–C–N with tert-alkyl or cyclic N) is 1. The molecule has 17 nitrogen and oxygen atoms in total. The number of hydrogen-bond acceptors (Lipinski definition) is 16. The molecule has 88 heavy (non-hydrogen) atoms. The quantitative estimate of drug-likeness (QED) is 0.0255. The van der Waals surface area contributed by atoms with E-state index in [4.69, 9.17) is 31.4 Å². The van der Waals surface area contributed by atoms with Gasteiger partial charge in [0.25, 0.3) is 0 Å². The van der Waals surface area contributed by atoms with Crippen molar-refractivity contribution in [1.29, 1.82) is 0 Å². The summed E-state index contributed by atoms with van der Waals surface area (Å²) in [6.45, 7) is 53.5. The van der Waals surface area contributed by atoms with Crippen molar-refractivity contribution in [3.05, 3.63) is 0 Å². The molecule has 0 aromatic carbocycles. The van der Waals surface area contributed by atoms with Crippen molar-refractivity contribution in [3.8, 4) is 0 Å². The molecular formula is C71H162N10O7.